The molecular formula is C12H23N3O. The zero-order valence-electron chi connectivity index (χ0n) is 10.6. The number of aromatic nitrogens is 1. The highest BCUT2D eigenvalue weighted by atomic mass is 16.5. The Bertz CT molecular complexity index is 298. The van der Waals surface area contributed by atoms with Gasteiger partial charge in [0.1, 0.15) is 0 Å². The van der Waals surface area contributed by atoms with Crippen molar-refractivity contribution in [1.82, 2.24) is 10.1 Å². The quantitative estimate of drug-likeness (QED) is 0.771. The molecule has 1 rings (SSSR count). The van der Waals surface area contributed by atoms with Crippen LogP contribution in [0.25, 0.3) is 0 Å². The van der Waals surface area contributed by atoms with Crippen LogP contribution in [-0.2, 0) is 13.1 Å². The first kappa shape index (κ1) is 13.2. The molecule has 0 radical (unpaired) electrons. The van der Waals surface area contributed by atoms with Gasteiger partial charge in [0.25, 0.3) is 0 Å². The molecule has 2 N–H and O–H groups in total. The maximum absolute atomic E-state index is 5.49. The molecule has 16 heavy (non-hydrogen) atoms. The van der Waals surface area contributed by atoms with Gasteiger partial charge in [-0.2, -0.15) is 0 Å². The summed E-state index contributed by atoms with van der Waals surface area (Å²) in [4.78, 5) is 2.37. The second-order valence-electron chi connectivity index (χ2n) is 4.33. The standard InChI is InChI=1S/C12H23N3O/c1-4-10(3)8-15(5-2)9-12-6-11(7-13)14-16-12/h6,10H,4-5,7-9,13H2,1-3H3. The van der Waals surface area contributed by atoms with Crippen molar-refractivity contribution >= 4 is 0 Å². The van der Waals surface area contributed by atoms with Crippen molar-refractivity contribution in [3.63, 3.8) is 0 Å². The van der Waals surface area contributed by atoms with Crippen LogP contribution in [0.1, 0.15) is 38.6 Å². The van der Waals surface area contributed by atoms with E-state index in [-0.39, 0.29) is 0 Å². The van der Waals surface area contributed by atoms with Gasteiger partial charge in [-0.3, -0.25) is 4.90 Å². The van der Waals surface area contributed by atoms with E-state index in [1.54, 1.807) is 0 Å². The van der Waals surface area contributed by atoms with Gasteiger partial charge in [0.2, 0.25) is 0 Å². The molecule has 4 heteroatoms. The fraction of sp³-hybridized carbons (Fsp3) is 0.750. The summed E-state index contributed by atoms with van der Waals surface area (Å²) in [7, 11) is 0. The van der Waals surface area contributed by atoms with E-state index in [1.807, 2.05) is 6.07 Å². The first-order valence-corrected chi connectivity index (χ1v) is 6.06. The zero-order chi connectivity index (χ0) is 12.0. The fourth-order valence-corrected chi connectivity index (χ4v) is 1.62. The molecule has 1 heterocycles. The maximum Gasteiger partial charge on any atom is 0.151 e. The minimum absolute atomic E-state index is 0.445. The summed E-state index contributed by atoms with van der Waals surface area (Å²) in [6.45, 7) is 10.1. The lowest BCUT2D eigenvalue weighted by Crippen LogP contribution is -2.27. The topological polar surface area (TPSA) is 55.3 Å². The summed E-state index contributed by atoms with van der Waals surface area (Å²) < 4.78 is 5.23. The van der Waals surface area contributed by atoms with E-state index in [9.17, 15) is 0 Å². The van der Waals surface area contributed by atoms with Gasteiger partial charge in [0.15, 0.2) is 5.76 Å². The first-order valence-electron chi connectivity index (χ1n) is 6.06. The fourth-order valence-electron chi connectivity index (χ4n) is 1.62. The molecule has 0 aliphatic heterocycles. The third kappa shape index (κ3) is 3.94. The lowest BCUT2D eigenvalue weighted by Gasteiger charge is -2.22. The van der Waals surface area contributed by atoms with Crippen molar-refractivity contribution in [2.24, 2.45) is 11.7 Å². The van der Waals surface area contributed by atoms with Crippen molar-refractivity contribution in [1.29, 1.82) is 0 Å². The Kier molecular flexibility index (Phi) is 5.49. The van der Waals surface area contributed by atoms with E-state index in [1.165, 1.54) is 6.42 Å². The monoisotopic (exact) mass is 225 g/mol. The van der Waals surface area contributed by atoms with Crippen LogP contribution in [0.4, 0.5) is 0 Å². The van der Waals surface area contributed by atoms with Crippen molar-refractivity contribution in [3.8, 4) is 0 Å². The molecule has 0 aliphatic carbocycles. The Labute approximate surface area is 97.8 Å². The predicted octanol–water partition coefficient (Wildman–Crippen LogP) is 2.00. The number of nitrogens with two attached hydrogens (primary N) is 1. The van der Waals surface area contributed by atoms with Crippen molar-refractivity contribution in [2.45, 2.75) is 40.3 Å². The molecule has 0 bridgehead atoms. The van der Waals surface area contributed by atoms with Crippen LogP contribution in [-0.4, -0.2) is 23.1 Å². The highest BCUT2D eigenvalue weighted by Crippen LogP contribution is 2.10. The van der Waals surface area contributed by atoms with Gasteiger partial charge in [0, 0.05) is 19.2 Å². The predicted molar refractivity (Wildman–Crippen MR) is 64.8 cm³/mol. The van der Waals surface area contributed by atoms with E-state index >= 15 is 0 Å². The minimum atomic E-state index is 0.445. The highest BCUT2D eigenvalue weighted by molar-refractivity contribution is 5.04. The van der Waals surface area contributed by atoms with Crippen LogP contribution >= 0.6 is 0 Å². The molecule has 1 unspecified atom stereocenters. The van der Waals surface area contributed by atoms with Crippen LogP contribution in [0.15, 0.2) is 10.6 Å². The molecule has 0 aliphatic rings. The molecule has 4 nitrogen and oxygen atoms in total. The van der Waals surface area contributed by atoms with Crippen molar-refractivity contribution in [2.75, 3.05) is 13.1 Å². The summed E-state index contributed by atoms with van der Waals surface area (Å²) in [5.41, 5.74) is 6.32. The summed E-state index contributed by atoms with van der Waals surface area (Å²) >= 11 is 0. The Hall–Kier alpha value is -0.870. The zero-order valence-corrected chi connectivity index (χ0v) is 10.6. The lowest BCUT2D eigenvalue weighted by atomic mass is 10.1. The van der Waals surface area contributed by atoms with Gasteiger partial charge in [-0.25, -0.2) is 0 Å². The molecule has 0 fully saturated rings. The smallest absolute Gasteiger partial charge is 0.151 e. The molecule has 92 valence electrons. The molecule has 0 saturated carbocycles. The van der Waals surface area contributed by atoms with E-state index in [2.05, 4.69) is 30.8 Å². The van der Waals surface area contributed by atoms with Crippen molar-refractivity contribution in [3.05, 3.63) is 17.5 Å². The van der Waals surface area contributed by atoms with Gasteiger partial charge in [-0.05, 0) is 12.5 Å². The molecule has 1 aromatic heterocycles. The van der Waals surface area contributed by atoms with Crippen LogP contribution in [0, 0.1) is 5.92 Å². The normalized spacial score (nSPS) is 13.3. The molecule has 0 saturated heterocycles. The average molecular weight is 225 g/mol. The summed E-state index contributed by atoms with van der Waals surface area (Å²) in [5.74, 6) is 1.63. The van der Waals surface area contributed by atoms with Crippen LogP contribution in [0.5, 0.6) is 0 Å². The number of hydrogen-bond acceptors (Lipinski definition) is 4. The molecule has 0 amide bonds. The summed E-state index contributed by atoms with van der Waals surface area (Å²) in [6.07, 6.45) is 1.21. The number of rotatable bonds is 7. The molecule has 1 aromatic rings. The number of nitrogens with zero attached hydrogens (tertiary/aromatic N) is 2. The second-order valence-corrected chi connectivity index (χ2v) is 4.33. The Morgan fingerprint density at radius 2 is 2.25 bits per heavy atom. The maximum atomic E-state index is 5.49. The van der Waals surface area contributed by atoms with Crippen molar-refractivity contribution < 1.29 is 4.52 Å². The van der Waals surface area contributed by atoms with Crippen LogP contribution in [0.2, 0.25) is 0 Å². The molecule has 1 atom stereocenters. The highest BCUT2D eigenvalue weighted by Gasteiger charge is 2.11. The van der Waals surface area contributed by atoms with Gasteiger partial charge in [-0.1, -0.05) is 32.3 Å². The third-order valence-electron chi connectivity index (χ3n) is 2.91. The Morgan fingerprint density at radius 1 is 1.50 bits per heavy atom. The summed E-state index contributed by atoms with van der Waals surface area (Å²) in [5, 5.41) is 3.89. The molecular weight excluding hydrogens is 202 g/mol. The summed E-state index contributed by atoms with van der Waals surface area (Å²) in [6, 6.07) is 1.94. The largest absolute Gasteiger partial charge is 0.360 e. The first-order chi connectivity index (χ1) is 7.69. The second kappa shape index (κ2) is 6.66. The SMILES string of the molecule is CCC(C)CN(CC)Cc1cc(CN)no1. The van der Waals surface area contributed by atoms with Crippen LogP contribution < -0.4 is 5.73 Å². The van der Waals surface area contributed by atoms with Gasteiger partial charge >= 0.3 is 0 Å². The van der Waals surface area contributed by atoms with Gasteiger partial charge < -0.3 is 10.3 Å². The van der Waals surface area contributed by atoms with E-state index in [0.29, 0.717) is 6.54 Å². The molecule has 0 aromatic carbocycles. The Morgan fingerprint density at radius 3 is 2.75 bits per heavy atom. The van der Waals surface area contributed by atoms with E-state index in [4.69, 9.17) is 10.3 Å². The Balaban J connectivity index is 2.49. The third-order valence-corrected chi connectivity index (χ3v) is 2.91. The van der Waals surface area contributed by atoms with E-state index in [0.717, 1.165) is 37.0 Å². The van der Waals surface area contributed by atoms with Crippen LogP contribution in [0.3, 0.4) is 0 Å². The van der Waals surface area contributed by atoms with Gasteiger partial charge in [-0.15, -0.1) is 0 Å². The van der Waals surface area contributed by atoms with E-state index < -0.39 is 0 Å². The minimum Gasteiger partial charge on any atom is -0.360 e. The lowest BCUT2D eigenvalue weighted by molar-refractivity contribution is 0.211. The molecule has 0 spiro atoms. The number of hydrogen-bond donors (Lipinski definition) is 1. The van der Waals surface area contributed by atoms with Gasteiger partial charge in [0.05, 0.1) is 12.2 Å². The average Bonchev–Trinajstić information content (AvgIpc) is 2.75.